The molecule has 2 aromatic rings. The largest absolute Gasteiger partial charge is 0.487 e. The number of benzene rings is 2. The fourth-order valence-corrected chi connectivity index (χ4v) is 2.61. The molecule has 2 unspecified atom stereocenters. The third-order valence-corrected chi connectivity index (χ3v) is 3.66. The highest BCUT2D eigenvalue weighted by molar-refractivity contribution is 5.90. The third-order valence-electron chi connectivity index (χ3n) is 3.66. The molecule has 0 aromatic heterocycles. The summed E-state index contributed by atoms with van der Waals surface area (Å²) in [4.78, 5) is 0. The van der Waals surface area contributed by atoms with Gasteiger partial charge < -0.3 is 15.6 Å². The Morgan fingerprint density at radius 3 is 2.84 bits per heavy atom. The van der Waals surface area contributed by atoms with E-state index in [9.17, 15) is 9.50 Å². The number of rotatable bonds is 2. The lowest BCUT2D eigenvalue weighted by atomic mass is 9.95. The normalized spacial score (nSPS) is 19.8. The maximum absolute atomic E-state index is 14.0. The quantitative estimate of drug-likeness (QED) is 0.869. The van der Waals surface area contributed by atoms with E-state index in [2.05, 4.69) is 0 Å². The maximum atomic E-state index is 14.0. The van der Waals surface area contributed by atoms with Crippen molar-refractivity contribution in [2.75, 3.05) is 6.54 Å². The zero-order chi connectivity index (χ0) is 13.4. The summed E-state index contributed by atoms with van der Waals surface area (Å²) < 4.78 is 19.8. The van der Waals surface area contributed by atoms with Gasteiger partial charge in [0.2, 0.25) is 0 Å². The van der Waals surface area contributed by atoms with Crippen molar-refractivity contribution in [2.24, 2.45) is 5.73 Å². The van der Waals surface area contributed by atoms with Gasteiger partial charge in [-0.3, -0.25) is 0 Å². The van der Waals surface area contributed by atoms with Crippen molar-refractivity contribution in [1.29, 1.82) is 0 Å². The molecule has 2 atom stereocenters. The van der Waals surface area contributed by atoms with Crippen molar-refractivity contribution in [3.05, 3.63) is 41.7 Å². The minimum absolute atomic E-state index is 0.166. The van der Waals surface area contributed by atoms with Crippen LogP contribution in [0.5, 0.6) is 5.75 Å². The summed E-state index contributed by atoms with van der Waals surface area (Å²) in [5.74, 6) is 0.455. The second kappa shape index (κ2) is 4.79. The molecule has 2 aromatic carbocycles. The van der Waals surface area contributed by atoms with Gasteiger partial charge in [-0.05, 0) is 24.5 Å². The minimum Gasteiger partial charge on any atom is -0.487 e. The van der Waals surface area contributed by atoms with E-state index >= 15 is 0 Å². The number of halogens is 1. The van der Waals surface area contributed by atoms with Gasteiger partial charge in [-0.1, -0.05) is 24.3 Å². The maximum Gasteiger partial charge on any atom is 0.131 e. The van der Waals surface area contributed by atoms with Gasteiger partial charge in [0.1, 0.15) is 23.8 Å². The molecule has 0 aliphatic carbocycles. The number of fused-ring (bicyclic) bond motifs is 3. The third kappa shape index (κ3) is 2.07. The summed E-state index contributed by atoms with van der Waals surface area (Å²) in [6, 6.07) is 8.76. The fourth-order valence-electron chi connectivity index (χ4n) is 2.61. The predicted octanol–water partition coefficient (Wildman–Crippen LogP) is 1.99. The summed E-state index contributed by atoms with van der Waals surface area (Å²) in [5.41, 5.74) is 6.33. The van der Waals surface area contributed by atoms with Crippen molar-refractivity contribution >= 4 is 10.8 Å². The molecule has 1 aliphatic heterocycles. The number of nitrogens with two attached hydrogens (primary N) is 1. The summed E-state index contributed by atoms with van der Waals surface area (Å²) >= 11 is 0. The van der Waals surface area contributed by atoms with Gasteiger partial charge in [-0.15, -0.1) is 0 Å². The summed E-state index contributed by atoms with van der Waals surface area (Å²) in [7, 11) is 0. The van der Waals surface area contributed by atoms with E-state index in [-0.39, 0.29) is 18.5 Å². The molecule has 0 saturated carbocycles. The molecule has 0 radical (unpaired) electrons. The van der Waals surface area contributed by atoms with E-state index < -0.39 is 6.10 Å². The van der Waals surface area contributed by atoms with Gasteiger partial charge in [0.25, 0.3) is 0 Å². The van der Waals surface area contributed by atoms with E-state index in [0.29, 0.717) is 24.0 Å². The Hall–Kier alpha value is -1.65. The van der Waals surface area contributed by atoms with E-state index in [1.165, 1.54) is 6.07 Å². The Kier molecular flexibility index (Phi) is 3.12. The Balaban J connectivity index is 2.10. The molecule has 0 fully saturated rings. The van der Waals surface area contributed by atoms with Crippen LogP contribution in [-0.2, 0) is 6.42 Å². The highest BCUT2D eigenvalue weighted by Gasteiger charge is 2.27. The Bertz CT molecular complexity index is 614. The van der Waals surface area contributed by atoms with Crippen LogP contribution in [0, 0.1) is 5.82 Å². The van der Waals surface area contributed by atoms with Crippen molar-refractivity contribution in [3.63, 3.8) is 0 Å². The first kappa shape index (κ1) is 12.4. The van der Waals surface area contributed by atoms with Gasteiger partial charge >= 0.3 is 0 Å². The lowest BCUT2D eigenvalue weighted by Crippen LogP contribution is -2.39. The zero-order valence-corrected chi connectivity index (χ0v) is 10.5. The molecule has 1 aliphatic rings. The van der Waals surface area contributed by atoms with Gasteiger partial charge in [-0.25, -0.2) is 4.39 Å². The first-order chi connectivity index (χ1) is 9.20. The van der Waals surface area contributed by atoms with Gasteiger partial charge in [-0.2, -0.15) is 0 Å². The SMILES string of the molecule is NCC(O)C1CCc2cc(F)c3ccccc3c2O1. The van der Waals surface area contributed by atoms with Gasteiger partial charge in [0, 0.05) is 17.3 Å². The molecule has 0 spiro atoms. The first-order valence-electron chi connectivity index (χ1n) is 6.45. The van der Waals surface area contributed by atoms with Crippen LogP contribution < -0.4 is 10.5 Å². The lowest BCUT2D eigenvalue weighted by Gasteiger charge is -2.30. The van der Waals surface area contributed by atoms with Crippen LogP contribution in [-0.4, -0.2) is 23.9 Å². The molecule has 3 N–H and O–H groups in total. The summed E-state index contributed by atoms with van der Waals surface area (Å²) in [5, 5.41) is 11.1. The molecule has 19 heavy (non-hydrogen) atoms. The van der Waals surface area contributed by atoms with Crippen LogP contribution >= 0.6 is 0 Å². The number of hydrogen-bond donors (Lipinski definition) is 2. The van der Waals surface area contributed by atoms with Crippen molar-refractivity contribution in [2.45, 2.75) is 25.0 Å². The van der Waals surface area contributed by atoms with E-state index in [1.807, 2.05) is 12.1 Å². The van der Waals surface area contributed by atoms with E-state index in [0.717, 1.165) is 10.9 Å². The summed E-state index contributed by atoms with van der Waals surface area (Å²) in [6.07, 6.45) is 0.352. The molecule has 100 valence electrons. The van der Waals surface area contributed by atoms with Gasteiger partial charge in [0.15, 0.2) is 0 Å². The molecular formula is C15H16FNO2. The molecule has 1 heterocycles. The molecule has 4 heteroatoms. The van der Waals surface area contributed by atoms with Crippen molar-refractivity contribution in [3.8, 4) is 5.75 Å². The second-order valence-corrected chi connectivity index (χ2v) is 4.89. The number of hydrogen-bond acceptors (Lipinski definition) is 3. The number of ether oxygens (including phenoxy) is 1. The fraction of sp³-hybridized carbons (Fsp3) is 0.333. The molecule has 3 rings (SSSR count). The highest BCUT2D eigenvalue weighted by atomic mass is 19.1. The van der Waals surface area contributed by atoms with Crippen LogP contribution in [0.25, 0.3) is 10.8 Å². The summed E-state index contributed by atoms with van der Waals surface area (Å²) in [6.45, 7) is 0.166. The standard InChI is InChI=1S/C15H16FNO2/c16-12-7-9-5-6-14(13(18)8-17)19-15(9)11-4-2-1-3-10(11)12/h1-4,7,13-14,18H,5-6,8,17H2. The van der Waals surface area contributed by atoms with Crippen LogP contribution in [0.2, 0.25) is 0 Å². The smallest absolute Gasteiger partial charge is 0.131 e. The van der Waals surface area contributed by atoms with Crippen LogP contribution in [0.1, 0.15) is 12.0 Å². The van der Waals surface area contributed by atoms with Gasteiger partial charge in [0.05, 0.1) is 0 Å². The number of aliphatic hydroxyl groups excluding tert-OH is 1. The van der Waals surface area contributed by atoms with E-state index in [1.54, 1.807) is 12.1 Å². The molecule has 0 saturated heterocycles. The molecule has 0 bridgehead atoms. The zero-order valence-electron chi connectivity index (χ0n) is 10.5. The van der Waals surface area contributed by atoms with Crippen molar-refractivity contribution in [1.82, 2.24) is 0 Å². The van der Waals surface area contributed by atoms with Crippen molar-refractivity contribution < 1.29 is 14.2 Å². The Morgan fingerprint density at radius 1 is 1.37 bits per heavy atom. The highest BCUT2D eigenvalue weighted by Crippen LogP contribution is 2.37. The minimum atomic E-state index is -0.683. The number of aryl methyl sites for hydroxylation is 1. The van der Waals surface area contributed by atoms with Crippen LogP contribution in [0.4, 0.5) is 4.39 Å². The van der Waals surface area contributed by atoms with Crippen LogP contribution in [0.15, 0.2) is 30.3 Å². The lowest BCUT2D eigenvalue weighted by molar-refractivity contribution is 0.0307. The average molecular weight is 261 g/mol. The molecule has 3 nitrogen and oxygen atoms in total. The average Bonchev–Trinajstić information content (AvgIpc) is 2.46. The van der Waals surface area contributed by atoms with E-state index in [4.69, 9.17) is 10.5 Å². The first-order valence-corrected chi connectivity index (χ1v) is 6.45. The van der Waals surface area contributed by atoms with Crippen LogP contribution in [0.3, 0.4) is 0 Å². The Morgan fingerprint density at radius 2 is 2.11 bits per heavy atom. The second-order valence-electron chi connectivity index (χ2n) is 4.89. The molecule has 0 amide bonds. The Labute approximate surface area is 110 Å². The number of aliphatic hydroxyl groups is 1. The monoisotopic (exact) mass is 261 g/mol. The predicted molar refractivity (Wildman–Crippen MR) is 71.7 cm³/mol. The topological polar surface area (TPSA) is 55.5 Å². The molecular weight excluding hydrogens is 245 g/mol.